The number of rotatable bonds is 3. The molecule has 2 heterocycles. The summed E-state index contributed by atoms with van der Waals surface area (Å²) in [6.45, 7) is 4.24. The SMILES string of the molecule is CCc1c(N)ncnc1N1CCC(CO)CC1. The van der Waals surface area contributed by atoms with E-state index in [1.807, 2.05) is 0 Å². The van der Waals surface area contributed by atoms with Crippen molar-refractivity contribution in [3.05, 3.63) is 11.9 Å². The molecule has 0 unspecified atom stereocenters. The number of aliphatic hydroxyl groups is 1. The van der Waals surface area contributed by atoms with Crippen molar-refractivity contribution >= 4 is 11.6 Å². The van der Waals surface area contributed by atoms with Gasteiger partial charge in [0.1, 0.15) is 18.0 Å². The smallest absolute Gasteiger partial charge is 0.137 e. The van der Waals surface area contributed by atoms with Crippen molar-refractivity contribution in [2.45, 2.75) is 26.2 Å². The molecule has 3 N–H and O–H groups in total. The number of nitrogens with zero attached hydrogens (tertiary/aromatic N) is 3. The number of anilines is 2. The van der Waals surface area contributed by atoms with E-state index in [9.17, 15) is 0 Å². The standard InChI is InChI=1S/C12H20N4O/c1-2-10-11(13)14-8-15-12(10)16-5-3-9(7-17)4-6-16/h8-9,17H,2-7H2,1H3,(H2,13,14,15). The number of hydrogen-bond donors (Lipinski definition) is 2. The molecule has 1 aromatic rings. The van der Waals surface area contributed by atoms with Crippen LogP contribution in [-0.4, -0.2) is 34.8 Å². The van der Waals surface area contributed by atoms with E-state index in [0.29, 0.717) is 18.3 Å². The summed E-state index contributed by atoms with van der Waals surface area (Å²) in [4.78, 5) is 10.6. The fraction of sp³-hybridized carbons (Fsp3) is 0.667. The van der Waals surface area contributed by atoms with Gasteiger partial charge in [0.05, 0.1) is 0 Å². The Balaban J connectivity index is 2.15. The normalized spacial score (nSPS) is 17.4. The van der Waals surface area contributed by atoms with Gasteiger partial charge in [0.15, 0.2) is 0 Å². The molecule has 0 aliphatic carbocycles. The van der Waals surface area contributed by atoms with Gasteiger partial charge in [-0.1, -0.05) is 6.92 Å². The highest BCUT2D eigenvalue weighted by Crippen LogP contribution is 2.26. The molecule has 0 spiro atoms. The zero-order valence-corrected chi connectivity index (χ0v) is 10.3. The molecular weight excluding hydrogens is 216 g/mol. The highest BCUT2D eigenvalue weighted by atomic mass is 16.3. The minimum Gasteiger partial charge on any atom is -0.396 e. The molecule has 1 fully saturated rings. The van der Waals surface area contributed by atoms with Crippen LogP contribution in [0.3, 0.4) is 0 Å². The monoisotopic (exact) mass is 236 g/mol. The molecule has 5 nitrogen and oxygen atoms in total. The van der Waals surface area contributed by atoms with Crippen LogP contribution in [0.4, 0.5) is 11.6 Å². The van der Waals surface area contributed by atoms with Gasteiger partial charge in [-0.25, -0.2) is 9.97 Å². The van der Waals surface area contributed by atoms with Crippen LogP contribution >= 0.6 is 0 Å². The fourth-order valence-corrected chi connectivity index (χ4v) is 2.36. The third-order valence-electron chi connectivity index (χ3n) is 3.48. The first kappa shape index (κ1) is 12.1. The van der Waals surface area contributed by atoms with Crippen LogP contribution in [-0.2, 0) is 6.42 Å². The lowest BCUT2D eigenvalue weighted by atomic mass is 9.97. The highest BCUT2D eigenvalue weighted by molar-refractivity contribution is 5.56. The first-order valence-electron chi connectivity index (χ1n) is 6.21. The van der Waals surface area contributed by atoms with Crippen molar-refractivity contribution in [3.8, 4) is 0 Å². The van der Waals surface area contributed by atoms with Gasteiger partial charge in [0.25, 0.3) is 0 Å². The average molecular weight is 236 g/mol. The molecule has 17 heavy (non-hydrogen) atoms. The Morgan fingerprint density at radius 3 is 2.71 bits per heavy atom. The van der Waals surface area contributed by atoms with E-state index in [2.05, 4.69) is 21.8 Å². The lowest BCUT2D eigenvalue weighted by molar-refractivity contribution is 0.202. The summed E-state index contributed by atoms with van der Waals surface area (Å²) < 4.78 is 0. The second-order valence-electron chi connectivity index (χ2n) is 4.53. The summed E-state index contributed by atoms with van der Waals surface area (Å²) in [5, 5.41) is 9.13. The lowest BCUT2D eigenvalue weighted by Gasteiger charge is -2.33. The quantitative estimate of drug-likeness (QED) is 0.813. The molecule has 94 valence electrons. The van der Waals surface area contributed by atoms with Gasteiger partial charge in [0.2, 0.25) is 0 Å². The van der Waals surface area contributed by atoms with Crippen LogP contribution in [0.25, 0.3) is 0 Å². The molecular formula is C12H20N4O. The van der Waals surface area contributed by atoms with Crippen molar-refractivity contribution < 1.29 is 5.11 Å². The van der Waals surface area contributed by atoms with Crippen molar-refractivity contribution in [2.24, 2.45) is 5.92 Å². The van der Waals surface area contributed by atoms with Gasteiger partial charge < -0.3 is 15.7 Å². The van der Waals surface area contributed by atoms with E-state index in [1.165, 1.54) is 6.33 Å². The third kappa shape index (κ3) is 2.49. The van der Waals surface area contributed by atoms with Crippen LogP contribution in [0, 0.1) is 5.92 Å². The number of aliphatic hydroxyl groups excluding tert-OH is 1. The summed E-state index contributed by atoms with van der Waals surface area (Å²) in [5.41, 5.74) is 6.91. The topological polar surface area (TPSA) is 75.3 Å². The second-order valence-corrected chi connectivity index (χ2v) is 4.53. The molecule has 1 saturated heterocycles. The predicted octanol–water partition coefficient (Wildman–Crippen LogP) is 0.830. The molecule has 5 heteroatoms. The van der Waals surface area contributed by atoms with Crippen LogP contribution in [0.1, 0.15) is 25.3 Å². The van der Waals surface area contributed by atoms with Crippen LogP contribution in [0.15, 0.2) is 6.33 Å². The van der Waals surface area contributed by atoms with Crippen molar-refractivity contribution in [3.63, 3.8) is 0 Å². The van der Waals surface area contributed by atoms with E-state index >= 15 is 0 Å². The van der Waals surface area contributed by atoms with E-state index in [-0.39, 0.29) is 0 Å². The summed E-state index contributed by atoms with van der Waals surface area (Å²) in [5.74, 6) is 1.99. The number of nitrogen functional groups attached to an aromatic ring is 1. The highest BCUT2D eigenvalue weighted by Gasteiger charge is 2.21. The molecule has 0 bridgehead atoms. The summed E-state index contributed by atoms with van der Waals surface area (Å²) >= 11 is 0. The molecule has 2 rings (SSSR count). The summed E-state index contributed by atoms with van der Waals surface area (Å²) in [6, 6.07) is 0. The van der Waals surface area contributed by atoms with Crippen LogP contribution in [0.2, 0.25) is 0 Å². The van der Waals surface area contributed by atoms with Gasteiger partial charge in [-0.05, 0) is 25.2 Å². The maximum atomic E-state index is 9.13. The van der Waals surface area contributed by atoms with E-state index in [4.69, 9.17) is 10.8 Å². The fourth-order valence-electron chi connectivity index (χ4n) is 2.36. The minimum absolute atomic E-state index is 0.292. The Morgan fingerprint density at radius 2 is 2.12 bits per heavy atom. The number of aromatic nitrogens is 2. The molecule has 0 saturated carbocycles. The van der Waals surface area contributed by atoms with Gasteiger partial charge >= 0.3 is 0 Å². The first-order chi connectivity index (χ1) is 8.26. The Labute approximate surface area is 102 Å². The van der Waals surface area contributed by atoms with Gasteiger partial charge in [-0.15, -0.1) is 0 Å². The largest absolute Gasteiger partial charge is 0.396 e. The van der Waals surface area contributed by atoms with Crippen molar-refractivity contribution in [1.82, 2.24) is 9.97 Å². The van der Waals surface area contributed by atoms with E-state index in [0.717, 1.165) is 43.7 Å². The van der Waals surface area contributed by atoms with Gasteiger partial charge in [-0.2, -0.15) is 0 Å². The van der Waals surface area contributed by atoms with Crippen LogP contribution in [0.5, 0.6) is 0 Å². The Hall–Kier alpha value is -1.36. The van der Waals surface area contributed by atoms with Crippen molar-refractivity contribution in [2.75, 3.05) is 30.3 Å². The lowest BCUT2D eigenvalue weighted by Crippen LogP contribution is -2.36. The molecule has 1 aliphatic heterocycles. The maximum Gasteiger partial charge on any atom is 0.137 e. The zero-order chi connectivity index (χ0) is 12.3. The maximum absolute atomic E-state index is 9.13. The molecule has 1 aromatic heterocycles. The average Bonchev–Trinajstić information content (AvgIpc) is 2.38. The minimum atomic E-state index is 0.292. The van der Waals surface area contributed by atoms with Gasteiger partial charge in [0, 0.05) is 25.3 Å². The summed E-state index contributed by atoms with van der Waals surface area (Å²) in [7, 11) is 0. The van der Waals surface area contributed by atoms with E-state index in [1.54, 1.807) is 0 Å². The molecule has 0 amide bonds. The molecule has 0 radical (unpaired) electrons. The number of hydrogen-bond acceptors (Lipinski definition) is 5. The Kier molecular flexibility index (Phi) is 3.78. The van der Waals surface area contributed by atoms with E-state index < -0.39 is 0 Å². The van der Waals surface area contributed by atoms with Gasteiger partial charge in [-0.3, -0.25) is 0 Å². The van der Waals surface area contributed by atoms with Crippen molar-refractivity contribution in [1.29, 1.82) is 0 Å². The van der Waals surface area contributed by atoms with Crippen LogP contribution < -0.4 is 10.6 Å². The number of nitrogens with two attached hydrogens (primary N) is 1. The zero-order valence-electron chi connectivity index (χ0n) is 10.3. The predicted molar refractivity (Wildman–Crippen MR) is 67.8 cm³/mol. The number of piperidine rings is 1. The molecule has 1 aliphatic rings. The first-order valence-corrected chi connectivity index (χ1v) is 6.21. The molecule has 0 aromatic carbocycles. The Morgan fingerprint density at radius 1 is 1.41 bits per heavy atom. The summed E-state index contributed by atoms with van der Waals surface area (Å²) in [6.07, 6.45) is 4.41. The second kappa shape index (κ2) is 5.31. The molecule has 0 atom stereocenters. The third-order valence-corrected chi connectivity index (χ3v) is 3.48. The Bertz CT molecular complexity index is 375.